The molecule has 0 spiro atoms. The molecule has 0 heterocycles. The van der Waals surface area contributed by atoms with Crippen LogP contribution in [-0.2, 0) is 0 Å². The van der Waals surface area contributed by atoms with Crippen LogP contribution < -0.4 is 5.32 Å². The summed E-state index contributed by atoms with van der Waals surface area (Å²) in [6, 6.07) is 0.270. The minimum atomic E-state index is -0.207. The molecule has 0 fully saturated rings. The molecule has 0 saturated heterocycles. The fraction of sp³-hybridized carbons (Fsp3) is 1.00. The zero-order valence-corrected chi connectivity index (χ0v) is 9.51. The predicted molar refractivity (Wildman–Crippen MR) is 57.8 cm³/mol. The molecule has 0 aromatic carbocycles. The third-order valence-electron chi connectivity index (χ3n) is 2.58. The third kappa shape index (κ3) is 5.27. The van der Waals surface area contributed by atoms with Gasteiger partial charge in [0.05, 0.1) is 6.10 Å². The Kier molecular flexibility index (Phi) is 7.29. The highest BCUT2D eigenvalue weighted by molar-refractivity contribution is 4.76. The van der Waals surface area contributed by atoms with E-state index < -0.39 is 0 Å². The molecule has 0 aliphatic rings. The van der Waals surface area contributed by atoms with Crippen LogP contribution in [0.25, 0.3) is 0 Å². The molecular formula is C11H25NO. The van der Waals surface area contributed by atoms with Crippen molar-refractivity contribution < 1.29 is 5.11 Å². The summed E-state index contributed by atoms with van der Waals surface area (Å²) in [6.07, 6.45) is 4.61. The zero-order valence-electron chi connectivity index (χ0n) is 9.51. The van der Waals surface area contributed by atoms with Gasteiger partial charge in [-0.05, 0) is 19.4 Å². The van der Waals surface area contributed by atoms with Crippen molar-refractivity contribution in [1.82, 2.24) is 5.32 Å². The van der Waals surface area contributed by atoms with Crippen LogP contribution in [0.2, 0.25) is 0 Å². The van der Waals surface area contributed by atoms with E-state index in [0.717, 1.165) is 6.42 Å². The lowest BCUT2D eigenvalue weighted by molar-refractivity contribution is 0.0817. The van der Waals surface area contributed by atoms with Gasteiger partial charge >= 0.3 is 0 Å². The first-order valence-electron chi connectivity index (χ1n) is 5.48. The summed E-state index contributed by atoms with van der Waals surface area (Å²) in [5.74, 6) is 0.346. The summed E-state index contributed by atoms with van der Waals surface area (Å²) in [4.78, 5) is 0. The summed E-state index contributed by atoms with van der Waals surface area (Å²) < 4.78 is 0. The van der Waals surface area contributed by atoms with Crippen molar-refractivity contribution in [2.75, 3.05) is 7.05 Å². The van der Waals surface area contributed by atoms with E-state index in [1.165, 1.54) is 19.3 Å². The molecule has 80 valence electrons. The van der Waals surface area contributed by atoms with Gasteiger partial charge in [0.2, 0.25) is 0 Å². The lowest BCUT2D eigenvalue weighted by Crippen LogP contribution is -2.40. The highest BCUT2D eigenvalue weighted by Gasteiger charge is 2.19. The Hall–Kier alpha value is -0.0800. The second-order valence-electron chi connectivity index (χ2n) is 4.13. The van der Waals surface area contributed by atoms with Gasteiger partial charge in [0.25, 0.3) is 0 Å². The topological polar surface area (TPSA) is 32.3 Å². The fourth-order valence-corrected chi connectivity index (χ4v) is 1.56. The van der Waals surface area contributed by atoms with Crippen molar-refractivity contribution >= 4 is 0 Å². The van der Waals surface area contributed by atoms with E-state index in [9.17, 15) is 5.11 Å². The van der Waals surface area contributed by atoms with Gasteiger partial charge in [0, 0.05) is 6.04 Å². The molecule has 0 aliphatic carbocycles. The Balaban J connectivity index is 3.73. The highest BCUT2D eigenvalue weighted by atomic mass is 16.3. The average Bonchev–Trinajstić information content (AvgIpc) is 2.11. The molecule has 2 atom stereocenters. The SMILES string of the molecule is CCCCC[C@@H](NC)[C@@H](O)C(C)C. The van der Waals surface area contributed by atoms with Gasteiger partial charge in [0.15, 0.2) is 0 Å². The van der Waals surface area contributed by atoms with Gasteiger partial charge in [-0.15, -0.1) is 0 Å². The van der Waals surface area contributed by atoms with Crippen LogP contribution in [-0.4, -0.2) is 24.3 Å². The third-order valence-corrected chi connectivity index (χ3v) is 2.58. The van der Waals surface area contributed by atoms with E-state index in [0.29, 0.717) is 5.92 Å². The maximum Gasteiger partial charge on any atom is 0.0715 e. The highest BCUT2D eigenvalue weighted by Crippen LogP contribution is 2.12. The molecular weight excluding hydrogens is 162 g/mol. The second-order valence-corrected chi connectivity index (χ2v) is 4.13. The van der Waals surface area contributed by atoms with Gasteiger partial charge in [0.1, 0.15) is 0 Å². The molecule has 2 N–H and O–H groups in total. The molecule has 0 radical (unpaired) electrons. The lowest BCUT2D eigenvalue weighted by atomic mass is 9.95. The van der Waals surface area contributed by atoms with Gasteiger partial charge in [-0.1, -0.05) is 40.0 Å². The summed E-state index contributed by atoms with van der Waals surface area (Å²) in [5.41, 5.74) is 0. The normalized spacial score (nSPS) is 16.2. The Morgan fingerprint density at radius 1 is 1.23 bits per heavy atom. The van der Waals surface area contributed by atoms with Crippen LogP contribution in [0.4, 0.5) is 0 Å². The van der Waals surface area contributed by atoms with E-state index in [1.54, 1.807) is 0 Å². The van der Waals surface area contributed by atoms with Crippen LogP contribution in [0.3, 0.4) is 0 Å². The minimum Gasteiger partial charge on any atom is -0.391 e. The molecule has 0 unspecified atom stereocenters. The van der Waals surface area contributed by atoms with Crippen LogP contribution in [0, 0.1) is 5.92 Å². The quantitative estimate of drug-likeness (QED) is 0.599. The molecule has 0 aliphatic heterocycles. The molecule has 13 heavy (non-hydrogen) atoms. The summed E-state index contributed by atoms with van der Waals surface area (Å²) in [7, 11) is 1.93. The molecule has 0 aromatic rings. The minimum absolute atomic E-state index is 0.207. The Morgan fingerprint density at radius 3 is 2.23 bits per heavy atom. The molecule has 0 saturated carbocycles. The van der Waals surface area contributed by atoms with Crippen molar-refractivity contribution in [3.8, 4) is 0 Å². The van der Waals surface area contributed by atoms with Crippen molar-refractivity contribution in [3.05, 3.63) is 0 Å². The van der Waals surface area contributed by atoms with Gasteiger partial charge in [-0.2, -0.15) is 0 Å². The predicted octanol–water partition coefficient (Wildman–Crippen LogP) is 2.17. The van der Waals surface area contributed by atoms with Crippen molar-refractivity contribution in [2.45, 2.75) is 58.6 Å². The molecule has 0 rings (SSSR count). The number of likely N-dealkylation sites (N-methyl/N-ethyl adjacent to an activating group) is 1. The fourth-order valence-electron chi connectivity index (χ4n) is 1.56. The number of hydrogen-bond acceptors (Lipinski definition) is 2. The molecule has 0 bridgehead atoms. The second kappa shape index (κ2) is 7.34. The van der Waals surface area contributed by atoms with E-state index in [2.05, 4.69) is 26.1 Å². The molecule has 2 nitrogen and oxygen atoms in total. The van der Waals surface area contributed by atoms with Crippen molar-refractivity contribution in [2.24, 2.45) is 5.92 Å². The first-order valence-corrected chi connectivity index (χ1v) is 5.48. The monoisotopic (exact) mass is 187 g/mol. The lowest BCUT2D eigenvalue weighted by Gasteiger charge is -2.25. The van der Waals surface area contributed by atoms with Crippen LogP contribution in [0.15, 0.2) is 0 Å². The molecule has 0 aromatic heterocycles. The zero-order chi connectivity index (χ0) is 10.3. The first kappa shape index (κ1) is 12.9. The largest absolute Gasteiger partial charge is 0.391 e. The molecule has 2 heteroatoms. The standard InChI is InChI=1S/C11H25NO/c1-5-6-7-8-10(12-4)11(13)9(2)3/h9-13H,5-8H2,1-4H3/t10-,11+/m1/s1. The van der Waals surface area contributed by atoms with Crippen molar-refractivity contribution in [3.63, 3.8) is 0 Å². The summed E-state index contributed by atoms with van der Waals surface area (Å²) >= 11 is 0. The number of unbranched alkanes of at least 4 members (excludes halogenated alkanes) is 2. The van der Waals surface area contributed by atoms with E-state index in [4.69, 9.17) is 0 Å². The number of hydrogen-bond donors (Lipinski definition) is 2. The number of nitrogens with one attached hydrogen (secondary N) is 1. The van der Waals surface area contributed by atoms with E-state index >= 15 is 0 Å². The Bertz CT molecular complexity index is 115. The number of aliphatic hydroxyl groups excluding tert-OH is 1. The average molecular weight is 187 g/mol. The van der Waals surface area contributed by atoms with Gasteiger partial charge in [-0.25, -0.2) is 0 Å². The maximum atomic E-state index is 9.82. The first-order chi connectivity index (χ1) is 6.13. The van der Waals surface area contributed by atoms with Crippen LogP contribution >= 0.6 is 0 Å². The van der Waals surface area contributed by atoms with E-state index in [-0.39, 0.29) is 12.1 Å². The Morgan fingerprint density at radius 2 is 1.85 bits per heavy atom. The Labute approximate surface area is 82.7 Å². The van der Waals surface area contributed by atoms with Crippen LogP contribution in [0.5, 0.6) is 0 Å². The van der Waals surface area contributed by atoms with E-state index in [1.807, 2.05) is 7.05 Å². The molecule has 0 amide bonds. The summed E-state index contributed by atoms with van der Waals surface area (Å²) in [6.45, 7) is 6.33. The van der Waals surface area contributed by atoms with Crippen molar-refractivity contribution in [1.29, 1.82) is 0 Å². The van der Waals surface area contributed by atoms with Gasteiger partial charge in [-0.3, -0.25) is 0 Å². The number of rotatable bonds is 7. The van der Waals surface area contributed by atoms with Gasteiger partial charge < -0.3 is 10.4 Å². The number of aliphatic hydroxyl groups is 1. The summed E-state index contributed by atoms with van der Waals surface area (Å²) in [5, 5.41) is 13.0. The smallest absolute Gasteiger partial charge is 0.0715 e. The maximum absolute atomic E-state index is 9.82. The van der Waals surface area contributed by atoms with Crippen LogP contribution in [0.1, 0.15) is 46.5 Å².